The maximum absolute atomic E-state index is 13.3. The van der Waals surface area contributed by atoms with Crippen molar-refractivity contribution in [3.8, 4) is 0 Å². The summed E-state index contributed by atoms with van der Waals surface area (Å²) in [6.07, 6.45) is 2.27. The number of amides is 1. The van der Waals surface area contributed by atoms with Crippen LogP contribution in [0, 0.1) is 18.6 Å². The van der Waals surface area contributed by atoms with Crippen LogP contribution in [0.2, 0.25) is 0 Å². The molecule has 0 spiro atoms. The minimum absolute atomic E-state index is 0.0971. The number of nitrogens with one attached hydrogen (secondary N) is 1. The first-order chi connectivity index (χ1) is 8.97. The lowest BCUT2D eigenvalue weighted by Gasteiger charge is -2.09. The van der Waals surface area contributed by atoms with Gasteiger partial charge in [0.25, 0.3) is 5.91 Å². The number of halogens is 3. The zero-order chi connectivity index (χ0) is 14.0. The van der Waals surface area contributed by atoms with E-state index in [1.807, 2.05) is 0 Å². The van der Waals surface area contributed by atoms with Crippen LogP contribution in [0.4, 0.5) is 14.5 Å². The lowest BCUT2D eigenvalue weighted by Crippen LogP contribution is -2.13. The molecule has 0 radical (unpaired) electrons. The maximum Gasteiger partial charge on any atom is 0.257 e. The largest absolute Gasteiger partial charge is 0.322 e. The van der Waals surface area contributed by atoms with Crippen LogP contribution in [0.1, 0.15) is 15.9 Å². The average Bonchev–Trinajstić information content (AvgIpc) is 2.36. The average molecular weight is 327 g/mol. The Morgan fingerprint density at radius 1 is 1.26 bits per heavy atom. The number of anilines is 1. The van der Waals surface area contributed by atoms with E-state index in [1.165, 1.54) is 18.3 Å². The second-order valence-electron chi connectivity index (χ2n) is 3.93. The van der Waals surface area contributed by atoms with E-state index in [0.29, 0.717) is 11.3 Å². The van der Waals surface area contributed by atoms with Gasteiger partial charge < -0.3 is 5.32 Å². The number of hydrogen-bond acceptors (Lipinski definition) is 2. The molecule has 1 heterocycles. The molecule has 3 nitrogen and oxygen atoms in total. The molecule has 0 aliphatic carbocycles. The summed E-state index contributed by atoms with van der Waals surface area (Å²) >= 11 is 3.04. The number of pyridine rings is 1. The normalized spacial score (nSPS) is 10.3. The van der Waals surface area contributed by atoms with Crippen molar-refractivity contribution in [2.24, 2.45) is 0 Å². The third-order valence-corrected chi connectivity index (χ3v) is 3.09. The molecule has 0 unspecified atom stereocenters. The molecule has 1 amide bonds. The molecular formula is C13H9BrF2N2O. The standard InChI is InChI=1S/C13H9BrF2N2O/c1-7-2-11(16)10(14)4-12(7)18-13(19)8-3-9(15)6-17-5-8/h2-6H,1H3,(H,18,19). The highest BCUT2D eigenvalue weighted by molar-refractivity contribution is 9.10. The van der Waals surface area contributed by atoms with Crippen molar-refractivity contribution in [1.29, 1.82) is 0 Å². The predicted octanol–water partition coefficient (Wildman–Crippen LogP) is 3.68. The third kappa shape index (κ3) is 3.14. The van der Waals surface area contributed by atoms with Gasteiger partial charge in [-0.05, 0) is 46.6 Å². The van der Waals surface area contributed by atoms with Crippen LogP contribution >= 0.6 is 15.9 Å². The Morgan fingerprint density at radius 2 is 2.00 bits per heavy atom. The zero-order valence-electron chi connectivity index (χ0n) is 9.88. The van der Waals surface area contributed by atoms with Crippen LogP contribution in [0.25, 0.3) is 0 Å². The van der Waals surface area contributed by atoms with Crippen LogP contribution in [0.3, 0.4) is 0 Å². The Hall–Kier alpha value is -1.82. The van der Waals surface area contributed by atoms with Gasteiger partial charge in [0.15, 0.2) is 0 Å². The second-order valence-corrected chi connectivity index (χ2v) is 4.78. The fourth-order valence-corrected chi connectivity index (χ4v) is 1.85. The lowest BCUT2D eigenvalue weighted by molar-refractivity contribution is 0.102. The Bertz CT molecular complexity index is 647. The number of nitrogens with zero attached hydrogens (tertiary/aromatic N) is 1. The molecule has 98 valence electrons. The van der Waals surface area contributed by atoms with Crippen molar-refractivity contribution in [1.82, 2.24) is 4.98 Å². The smallest absolute Gasteiger partial charge is 0.257 e. The molecular weight excluding hydrogens is 318 g/mol. The molecule has 1 N–H and O–H groups in total. The van der Waals surface area contributed by atoms with Crippen molar-refractivity contribution in [3.63, 3.8) is 0 Å². The minimum Gasteiger partial charge on any atom is -0.322 e. The molecule has 0 aliphatic rings. The quantitative estimate of drug-likeness (QED) is 0.914. The number of carbonyl (C=O) groups excluding carboxylic acids is 1. The molecule has 2 aromatic rings. The summed E-state index contributed by atoms with van der Waals surface area (Å²) in [5.41, 5.74) is 1.11. The van der Waals surface area contributed by atoms with Gasteiger partial charge in [-0.1, -0.05) is 0 Å². The summed E-state index contributed by atoms with van der Waals surface area (Å²) in [7, 11) is 0. The first-order valence-electron chi connectivity index (χ1n) is 5.35. The minimum atomic E-state index is -0.593. The van der Waals surface area contributed by atoms with Crippen LogP contribution < -0.4 is 5.32 Å². The molecule has 2 rings (SSSR count). The highest BCUT2D eigenvalue weighted by Gasteiger charge is 2.11. The van der Waals surface area contributed by atoms with Crippen LogP contribution in [-0.4, -0.2) is 10.9 Å². The molecule has 6 heteroatoms. The monoisotopic (exact) mass is 326 g/mol. The zero-order valence-corrected chi connectivity index (χ0v) is 11.5. The fourth-order valence-electron chi connectivity index (χ4n) is 1.51. The second kappa shape index (κ2) is 5.44. The SMILES string of the molecule is Cc1cc(F)c(Br)cc1NC(=O)c1cncc(F)c1. The molecule has 0 bridgehead atoms. The van der Waals surface area contributed by atoms with Gasteiger partial charge in [-0.25, -0.2) is 8.78 Å². The topological polar surface area (TPSA) is 42.0 Å². The highest BCUT2D eigenvalue weighted by Crippen LogP contribution is 2.24. The van der Waals surface area contributed by atoms with Gasteiger partial charge >= 0.3 is 0 Å². The first kappa shape index (κ1) is 13.6. The van der Waals surface area contributed by atoms with E-state index in [2.05, 4.69) is 26.2 Å². The van der Waals surface area contributed by atoms with Gasteiger partial charge in [-0.2, -0.15) is 0 Å². The summed E-state index contributed by atoms with van der Waals surface area (Å²) in [6, 6.07) is 3.83. The van der Waals surface area contributed by atoms with Crippen molar-refractivity contribution in [3.05, 3.63) is 57.8 Å². The molecule has 0 fully saturated rings. The number of hydrogen-bond donors (Lipinski definition) is 1. The van der Waals surface area contributed by atoms with Gasteiger partial charge in [0.1, 0.15) is 11.6 Å². The van der Waals surface area contributed by atoms with Crippen LogP contribution in [0.5, 0.6) is 0 Å². The third-order valence-electron chi connectivity index (χ3n) is 2.48. The van der Waals surface area contributed by atoms with E-state index in [0.717, 1.165) is 12.3 Å². The number of rotatable bonds is 2. The van der Waals surface area contributed by atoms with Crippen LogP contribution in [0.15, 0.2) is 35.1 Å². The summed E-state index contributed by atoms with van der Waals surface area (Å²) in [5.74, 6) is -1.51. The van der Waals surface area contributed by atoms with E-state index in [-0.39, 0.29) is 10.0 Å². The lowest BCUT2D eigenvalue weighted by atomic mass is 10.2. The maximum atomic E-state index is 13.3. The van der Waals surface area contributed by atoms with Gasteiger partial charge in [0, 0.05) is 11.9 Å². The fraction of sp³-hybridized carbons (Fsp3) is 0.0769. The highest BCUT2D eigenvalue weighted by atomic mass is 79.9. The summed E-state index contributed by atoms with van der Waals surface area (Å²) in [4.78, 5) is 15.5. The molecule has 0 atom stereocenters. The molecule has 0 saturated heterocycles. The van der Waals surface area contributed by atoms with Crippen molar-refractivity contribution >= 4 is 27.5 Å². The van der Waals surface area contributed by atoms with Crippen molar-refractivity contribution in [2.45, 2.75) is 6.92 Å². The van der Waals surface area contributed by atoms with E-state index >= 15 is 0 Å². The van der Waals surface area contributed by atoms with E-state index in [4.69, 9.17) is 0 Å². The predicted molar refractivity (Wildman–Crippen MR) is 71.0 cm³/mol. The van der Waals surface area contributed by atoms with Gasteiger partial charge in [-0.15, -0.1) is 0 Å². The Morgan fingerprint density at radius 3 is 2.68 bits per heavy atom. The van der Waals surface area contributed by atoms with E-state index in [9.17, 15) is 13.6 Å². The molecule has 0 saturated carbocycles. The van der Waals surface area contributed by atoms with Gasteiger partial charge in [-0.3, -0.25) is 9.78 Å². The molecule has 19 heavy (non-hydrogen) atoms. The molecule has 1 aromatic heterocycles. The Labute approximate surface area is 116 Å². The van der Waals surface area contributed by atoms with E-state index < -0.39 is 17.5 Å². The summed E-state index contributed by atoms with van der Waals surface area (Å²) in [5, 5.41) is 2.58. The summed E-state index contributed by atoms with van der Waals surface area (Å²) in [6.45, 7) is 1.66. The molecule has 1 aromatic carbocycles. The number of aryl methyl sites for hydroxylation is 1. The van der Waals surface area contributed by atoms with Gasteiger partial charge in [0.05, 0.1) is 16.2 Å². The van der Waals surface area contributed by atoms with E-state index in [1.54, 1.807) is 6.92 Å². The molecule has 0 aliphatic heterocycles. The summed E-state index contributed by atoms with van der Waals surface area (Å²) < 4.78 is 26.5. The number of benzene rings is 1. The first-order valence-corrected chi connectivity index (χ1v) is 6.14. The number of carbonyl (C=O) groups is 1. The number of aromatic nitrogens is 1. The van der Waals surface area contributed by atoms with Gasteiger partial charge in [0.2, 0.25) is 0 Å². The van der Waals surface area contributed by atoms with Crippen molar-refractivity contribution in [2.75, 3.05) is 5.32 Å². The van der Waals surface area contributed by atoms with Crippen molar-refractivity contribution < 1.29 is 13.6 Å². The van der Waals surface area contributed by atoms with Crippen LogP contribution in [-0.2, 0) is 0 Å². The Kier molecular flexibility index (Phi) is 3.90. The Balaban J connectivity index is 2.27.